The quantitative estimate of drug-likeness (QED) is 0.0261. The maximum atomic E-state index is 12.8. The standard InChI is InChI=1S/C64H110O6/c1-4-7-10-13-16-18-20-22-24-25-26-27-28-29-30-31-32-33-34-35-36-37-38-39-41-42-44-46-48-51-54-57-63(66)69-60-61(59-68-62(65)56-53-50-15-12-9-6-3)70-64(67)58-55-52-49-47-45-43-40-23-21-19-17-14-11-8-5-2/h7,10,16,18,22-24,26-27,29-30,32-33,40,61H,4-6,8-9,11-15,17,19-21,25,28,31,34-39,41-60H2,1-3H3/b10-7-,18-16-,24-22-,27-26-,30-29-,33-32-,40-23-. The normalized spacial score (nSPS) is 12.7. The van der Waals surface area contributed by atoms with Gasteiger partial charge in [-0.3, -0.25) is 14.4 Å². The number of carbonyl (C=O) groups is 3. The fourth-order valence-corrected chi connectivity index (χ4v) is 8.21. The molecule has 0 aliphatic carbocycles. The zero-order valence-corrected chi connectivity index (χ0v) is 46.0. The highest BCUT2D eigenvalue weighted by molar-refractivity contribution is 5.71. The van der Waals surface area contributed by atoms with Crippen LogP contribution in [0, 0.1) is 0 Å². The van der Waals surface area contributed by atoms with Crippen LogP contribution in [-0.4, -0.2) is 37.2 Å². The summed E-state index contributed by atoms with van der Waals surface area (Å²) in [5.41, 5.74) is 0. The van der Waals surface area contributed by atoms with Crippen molar-refractivity contribution in [1.82, 2.24) is 0 Å². The van der Waals surface area contributed by atoms with Crippen molar-refractivity contribution in [3.05, 3.63) is 85.1 Å². The Bertz CT molecular complexity index is 1350. The van der Waals surface area contributed by atoms with Crippen LogP contribution >= 0.6 is 0 Å². The summed E-state index contributed by atoms with van der Waals surface area (Å²) in [6, 6.07) is 0. The van der Waals surface area contributed by atoms with Crippen molar-refractivity contribution in [2.45, 2.75) is 290 Å². The Labute approximate surface area is 433 Å². The summed E-state index contributed by atoms with van der Waals surface area (Å²) in [6.07, 6.45) is 76.2. The van der Waals surface area contributed by atoms with E-state index < -0.39 is 6.10 Å². The summed E-state index contributed by atoms with van der Waals surface area (Å²) in [4.78, 5) is 37.9. The first-order chi connectivity index (χ1) is 34.5. The van der Waals surface area contributed by atoms with Gasteiger partial charge in [0.25, 0.3) is 0 Å². The second kappa shape index (κ2) is 58.2. The maximum absolute atomic E-state index is 12.8. The predicted octanol–water partition coefficient (Wildman–Crippen LogP) is 19.9. The fourth-order valence-electron chi connectivity index (χ4n) is 8.21. The number of carbonyl (C=O) groups excluding carboxylic acids is 3. The average molecular weight is 976 g/mol. The minimum absolute atomic E-state index is 0.0782. The first-order valence-corrected chi connectivity index (χ1v) is 29.6. The third-order valence-electron chi connectivity index (χ3n) is 12.6. The van der Waals surface area contributed by atoms with E-state index in [9.17, 15) is 14.4 Å². The molecule has 1 atom stereocenters. The average Bonchev–Trinajstić information content (AvgIpc) is 3.36. The van der Waals surface area contributed by atoms with Crippen molar-refractivity contribution in [3.63, 3.8) is 0 Å². The molecule has 0 amide bonds. The van der Waals surface area contributed by atoms with Crippen molar-refractivity contribution in [2.24, 2.45) is 0 Å². The van der Waals surface area contributed by atoms with Crippen LogP contribution in [0.4, 0.5) is 0 Å². The Morgan fingerprint density at radius 1 is 0.300 bits per heavy atom. The van der Waals surface area contributed by atoms with Gasteiger partial charge in [-0.1, -0.05) is 254 Å². The van der Waals surface area contributed by atoms with Crippen molar-refractivity contribution in [1.29, 1.82) is 0 Å². The number of hydrogen-bond acceptors (Lipinski definition) is 6. The molecule has 0 spiro atoms. The lowest BCUT2D eigenvalue weighted by Gasteiger charge is -2.18. The molecule has 0 saturated heterocycles. The van der Waals surface area contributed by atoms with Crippen LogP contribution < -0.4 is 0 Å². The Morgan fingerprint density at radius 2 is 0.557 bits per heavy atom. The molecule has 0 radical (unpaired) electrons. The molecule has 0 rings (SSSR count). The molecule has 0 aromatic rings. The summed E-state index contributed by atoms with van der Waals surface area (Å²) >= 11 is 0. The second-order valence-corrected chi connectivity index (χ2v) is 19.5. The monoisotopic (exact) mass is 975 g/mol. The Morgan fingerprint density at radius 3 is 0.886 bits per heavy atom. The second-order valence-electron chi connectivity index (χ2n) is 19.5. The first-order valence-electron chi connectivity index (χ1n) is 29.6. The molecule has 1 unspecified atom stereocenters. The van der Waals surface area contributed by atoms with Gasteiger partial charge in [0.15, 0.2) is 6.10 Å². The molecule has 70 heavy (non-hydrogen) atoms. The molecule has 0 aromatic carbocycles. The molecule has 6 heteroatoms. The van der Waals surface area contributed by atoms with Gasteiger partial charge in [0, 0.05) is 19.3 Å². The molecule has 0 saturated carbocycles. The highest BCUT2D eigenvalue weighted by Gasteiger charge is 2.19. The van der Waals surface area contributed by atoms with E-state index in [1.807, 2.05) is 0 Å². The number of unbranched alkanes of at least 4 members (excludes halogenated alkanes) is 28. The van der Waals surface area contributed by atoms with Crippen molar-refractivity contribution >= 4 is 17.9 Å². The molecular weight excluding hydrogens is 865 g/mol. The number of esters is 3. The molecule has 0 aliphatic heterocycles. The Balaban J connectivity index is 4.06. The van der Waals surface area contributed by atoms with E-state index in [2.05, 4.69) is 106 Å². The molecule has 0 aliphatic rings. The van der Waals surface area contributed by atoms with Crippen LogP contribution in [0.15, 0.2) is 85.1 Å². The van der Waals surface area contributed by atoms with Gasteiger partial charge in [-0.15, -0.1) is 0 Å². The number of rotatable bonds is 53. The van der Waals surface area contributed by atoms with E-state index in [1.165, 1.54) is 135 Å². The molecule has 6 nitrogen and oxygen atoms in total. The third kappa shape index (κ3) is 55.5. The lowest BCUT2D eigenvalue weighted by Crippen LogP contribution is -2.30. The van der Waals surface area contributed by atoms with Gasteiger partial charge in [-0.05, 0) is 96.3 Å². The number of allylic oxidation sites excluding steroid dienone is 14. The molecular formula is C64H110O6. The topological polar surface area (TPSA) is 78.9 Å². The van der Waals surface area contributed by atoms with E-state index in [4.69, 9.17) is 14.2 Å². The lowest BCUT2D eigenvalue weighted by molar-refractivity contribution is -0.167. The van der Waals surface area contributed by atoms with Crippen LogP contribution in [0.3, 0.4) is 0 Å². The van der Waals surface area contributed by atoms with Gasteiger partial charge in [-0.2, -0.15) is 0 Å². The Kier molecular flexibility index (Phi) is 55.3. The fraction of sp³-hybridized carbons (Fsp3) is 0.734. The highest BCUT2D eigenvalue weighted by Crippen LogP contribution is 2.15. The van der Waals surface area contributed by atoms with Gasteiger partial charge in [0.05, 0.1) is 0 Å². The summed E-state index contributed by atoms with van der Waals surface area (Å²) < 4.78 is 16.7. The van der Waals surface area contributed by atoms with E-state index in [1.54, 1.807) is 0 Å². The number of hydrogen-bond donors (Lipinski definition) is 0. The van der Waals surface area contributed by atoms with Crippen LogP contribution in [0.2, 0.25) is 0 Å². The molecule has 0 aromatic heterocycles. The highest BCUT2D eigenvalue weighted by atomic mass is 16.6. The van der Waals surface area contributed by atoms with E-state index in [0.29, 0.717) is 19.3 Å². The van der Waals surface area contributed by atoms with E-state index in [0.717, 1.165) is 109 Å². The maximum Gasteiger partial charge on any atom is 0.306 e. The summed E-state index contributed by atoms with van der Waals surface area (Å²) in [6.45, 7) is 6.46. The SMILES string of the molecule is CC/C=C\C/C=C\C/C=C\C/C=C\C/C=C\C/C=C\CCCCCCCCCCCCCCC(=O)OCC(COC(=O)CCCCCCCC)OC(=O)CCCCCCC/C=C\CCCCCCCC. The van der Waals surface area contributed by atoms with Gasteiger partial charge in [0.2, 0.25) is 0 Å². The Hall–Kier alpha value is -3.41. The van der Waals surface area contributed by atoms with Crippen LogP contribution in [0.5, 0.6) is 0 Å². The smallest absolute Gasteiger partial charge is 0.306 e. The van der Waals surface area contributed by atoms with Crippen LogP contribution in [0.25, 0.3) is 0 Å². The van der Waals surface area contributed by atoms with Crippen LogP contribution in [-0.2, 0) is 28.6 Å². The molecule has 0 fully saturated rings. The third-order valence-corrected chi connectivity index (χ3v) is 12.6. The zero-order valence-electron chi connectivity index (χ0n) is 46.0. The van der Waals surface area contributed by atoms with Crippen molar-refractivity contribution in [2.75, 3.05) is 13.2 Å². The first kappa shape index (κ1) is 66.6. The van der Waals surface area contributed by atoms with Gasteiger partial charge in [0.1, 0.15) is 13.2 Å². The summed E-state index contributed by atoms with van der Waals surface area (Å²) in [5.74, 6) is -0.893. The van der Waals surface area contributed by atoms with E-state index in [-0.39, 0.29) is 31.1 Å². The minimum Gasteiger partial charge on any atom is -0.462 e. The largest absolute Gasteiger partial charge is 0.462 e. The van der Waals surface area contributed by atoms with Crippen molar-refractivity contribution in [3.8, 4) is 0 Å². The summed E-state index contributed by atoms with van der Waals surface area (Å²) in [5, 5.41) is 0. The number of ether oxygens (including phenoxy) is 3. The zero-order chi connectivity index (χ0) is 50.7. The van der Waals surface area contributed by atoms with Crippen molar-refractivity contribution < 1.29 is 28.6 Å². The van der Waals surface area contributed by atoms with Gasteiger partial charge in [-0.25, -0.2) is 0 Å². The summed E-state index contributed by atoms with van der Waals surface area (Å²) in [7, 11) is 0. The van der Waals surface area contributed by atoms with Gasteiger partial charge >= 0.3 is 17.9 Å². The molecule has 0 N–H and O–H groups in total. The molecule has 0 heterocycles. The molecule has 402 valence electrons. The minimum atomic E-state index is -0.776. The predicted molar refractivity (Wildman–Crippen MR) is 302 cm³/mol. The molecule has 0 bridgehead atoms. The van der Waals surface area contributed by atoms with Gasteiger partial charge < -0.3 is 14.2 Å². The van der Waals surface area contributed by atoms with Crippen LogP contribution in [0.1, 0.15) is 284 Å². The lowest BCUT2D eigenvalue weighted by atomic mass is 10.0. The van der Waals surface area contributed by atoms with E-state index >= 15 is 0 Å².